The van der Waals surface area contributed by atoms with E-state index in [1.165, 1.54) is 36.4 Å². The number of carbonyl (C=O) groups excluding carboxylic acids is 1. The number of hydrogen-bond acceptors (Lipinski definition) is 11. The molecule has 2 amide bonds. The van der Waals surface area contributed by atoms with Crippen molar-refractivity contribution in [3.8, 4) is 11.5 Å². The topological polar surface area (TPSA) is 323 Å². The van der Waals surface area contributed by atoms with Gasteiger partial charge in [0.25, 0.3) is 20.0 Å². The Hall–Kier alpha value is -7.91. The molecule has 0 atom stereocenters. The van der Waals surface area contributed by atoms with Crippen LogP contribution in [0.3, 0.4) is 0 Å². The van der Waals surface area contributed by atoms with Gasteiger partial charge in [-0.15, -0.1) is 0 Å². The number of hydrogen-bond donors (Lipinski definition) is 10. The molecule has 0 aliphatic rings. The first-order chi connectivity index (χ1) is 27.2. The van der Waals surface area contributed by atoms with Crippen LogP contribution < -0.4 is 20.1 Å². The number of rotatable bonds is 12. The van der Waals surface area contributed by atoms with E-state index < -0.39 is 93.5 Å². The Morgan fingerprint density at radius 2 is 0.741 bits per heavy atom. The second-order valence-corrected chi connectivity index (χ2v) is 15.7. The second kappa shape index (κ2) is 15.0. The van der Waals surface area contributed by atoms with Gasteiger partial charge in [-0.05, 0) is 95.7 Å². The molecule has 10 N–H and O–H groups in total. The van der Waals surface area contributed by atoms with Gasteiger partial charge in [-0.25, -0.2) is 40.8 Å². The van der Waals surface area contributed by atoms with Crippen LogP contribution in [0.4, 0.5) is 27.5 Å². The first-order valence-corrected chi connectivity index (χ1v) is 19.1. The maximum Gasteiger partial charge on any atom is 0.335 e. The number of benzene rings is 6. The van der Waals surface area contributed by atoms with E-state index in [1.807, 2.05) is 0 Å². The molecule has 6 aromatic carbocycles. The van der Waals surface area contributed by atoms with Gasteiger partial charge in [0.05, 0.1) is 43.4 Å². The van der Waals surface area contributed by atoms with Crippen LogP contribution in [-0.4, -0.2) is 77.4 Å². The number of aromatic hydroxyl groups is 2. The van der Waals surface area contributed by atoms with Gasteiger partial charge in [0.2, 0.25) is 0 Å². The summed E-state index contributed by atoms with van der Waals surface area (Å²) >= 11 is 0. The van der Waals surface area contributed by atoms with Crippen LogP contribution in [0.5, 0.6) is 11.5 Å². The third-order valence-corrected chi connectivity index (χ3v) is 11.0. The molecule has 6 rings (SSSR count). The molecule has 0 bridgehead atoms. The minimum absolute atomic E-state index is 0.114. The van der Waals surface area contributed by atoms with E-state index in [4.69, 9.17) is 0 Å². The lowest BCUT2D eigenvalue weighted by Crippen LogP contribution is -2.19. The molecule has 0 saturated heterocycles. The van der Waals surface area contributed by atoms with Gasteiger partial charge in [-0.1, -0.05) is 0 Å². The summed E-state index contributed by atoms with van der Waals surface area (Å²) in [5.41, 5.74) is -2.51. The van der Waals surface area contributed by atoms with Gasteiger partial charge in [-0.2, -0.15) is 0 Å². The maximum absolute atomic E-state index is 13.3. The van der Waals surface area contributed by atoms with Crippen molar-refractivity contribution in [3.63, 3.8) is 0 Å². The summed E-state index contributed by atoms with van der Waals surface area (Å²) in [7, 11) is -9.09. The van der Waals surface area contributed by atoms with Gasteiger partial charge in [0.15, 0.2) is 0 Å². The first kappa shape index (κ1) is 39.8. The Morgan fingerprint density at radius 3 is 1.05 bits per heavy atom. The second-order valence-electron chi connectivity index (χ2n) is 12.4. The molecule has 19 nitrogen and oxygen atoms in total. The van der Waals surface area contributed by atoms with Crippen LogP contribution in [0.1, 0.15) is 41.4 Å². The summed E-state index contributed by atoms with van der Waals surface area (Å²) in [6.45, 7) is 0. The Morgan fingerprint density at radius 1 is 0.414 bits per heavy atom. The van der Waals surface area contributed by atoms with Crippen LogP contribution in [0.25, 0.3) is 21.5 Å². The normalized spacial score (nSPS) is 11.4. The van der Waals surface area contributed by atoms with E-state index in [-0.39, 0.29) is 44.3 Å². The number of phenolic OH excluding ortho intramolecular Hbond substituents is 2. The number of fused-ring (bicyclic) bond motifs is 2. The van der Waals surface area contributed by atoms with Gasteiger partial charge < -0.3 is 41.3 Å². The Kier molecular flexibility index (Phi) is 10.3. The van der Waals surface area contributed by atoms with Crippen LogP contribution in [0, 0.1) is 0 Å². The molecule has 6 aromatic rings. The van der Waals surface area contributed by atoms with E-state index in [2.05, 4.69) is 20.1 Å². The maximum atomic E-state index is 13.3. The molecule has 0 fully saturated rings. The molecule has 296 valence electrons. The predicted molar refractivity (Wildman–Crippen MR) is 206 cm³/mol. The van der Waals surface area contributed by atoms with Gasteiger partial charge in [0, 0.05) is 34.3 Å². The predicted octanol–water partition coefficient (Wildman–Crippen LogP) is 5.44. The van der Waals surface area contributed by atoms with Gasteiger partial charge >= 0.3 is 29.9 Å². The Bertz CT molecular complexity index is 2740. The quantitative estimate of drug-likeness (QED) is 0.0734. The molecule has 21 heteroatoms. The Balaban J connectivity index is 1.22. The van der Waals surface area contributed by atoms with Crippen LogP contribution >= 0.6 is 0 Å². The molecule has 0 saturated carbocycles. The number of anilines is 4. The standard InChI is InChI=1S/C37H26N4O15S2/c42-31-15-27(57(53,54)40-25-9-19(33(44)45)5-20(10-25)34(46)47)13-17-7-23(1-3-29(17)31)38-37(52)39-24-2-4-30-18(8-24)14-28(16-32(30)43)58(55,56)41-26-11-21(35(48)49)6-22(12-26)36(50)51/h1-16,40-43H,(H,44,45)(H,46,47)(H,48,49)(H,50,51)(H2,38,39,52). The third-order valence-electron chi connectivity index (χ3n) is 8.30. The summed E-state index contributed by atoms with van der Waals surface area (Å²) in [6.07, 6.45) is 0. The summed E-state index contributed by atoms with van der Waals surface area (Å²) in [5.74, 6) is -6.98. The average Bonchev–Trinajstić information content (AvgIpc) is 3.13. The van der Waals surface area contributed by atoms with Crippen molar-refractivity contribution in [2.45, 2.75) is 9.79 Å². The van der Waals surface area contributed by atoms with E-state index in [0.717, 1.165) is 60.7 Å². The number of aromatic carboxylic acids is 4. The fraction of sp³-hybridized carbons (Fsp3) is 0. The highest BCUT2D eigenvalue weighted by atomic mass is 32.2. The summed E-state index contributed by atoms with van der Waals surface area (Å²) in [4.78, 5) is 58.0. The molecule has 0 radical (unpaired) electrons. The average molecular weight is 831 g/mol. The number of sulfonamides is 2. The summed E-state index contributed by atoms with van der Waals surface area (Å²) in [5, 5.41) is 64.3. The van der Waals surface area contributed by atoms with Crippen molar-refractivity contribution in [1.29, 1.82) is 0 Å². The van der Waals surface area contributed by atoms with Gasteiger partial charge in [-0.3, -0.25) is 9.44 Å². The zero-order valence-electron chi connectivity index (χ0n) is 28.9. The number of nitrogens with one attached hydrogen (secondary N) is 4. The molecule has 58 heavy (non-hydrogen) atoms. The molecule has 0 aliphatic heterocycles. The number of phenols is 2. The monoisotopic (exact) mass is 830 g/mol. The largest absolute Gasteiger partial charge is 0.507 e. The lowest BCUT2D eigenvalue weighted by atomic mass is 10.1. The molecule has 0 spiro atoms. The number of carboxylic acid groups (broad SMARTS) is 4. The van der Waals surface area contributed by atoms with Crippen molar-refractivity contribution in [3.05, 3.63) is 119 Å². The van der Waals surface area contributed by atoms with E-state index in [1.54, 1.807) is 0 Å². The molecule has 0 unspecified atom stereocenters. The Labute approximate surface area is 325 Å². The van der Waals surface area contributed by atoms with Crippen molar-refractivity contribution >= 4 is 94.2 Å². The number of amides is 2. The smallest absolute Gasteiger partial charge is 0.335 e. The van der Waals surface area contributed by atoms with E-state index in [0.29, 0.717) is 0 Å². The number of carbonyl (C=O) groups is 5. The van der Waals surface area contributed by atoms with Crippen molar-refractivity contribution in [2.24, 2.45) is 0 Å². The summed E-state index contributed by atoms with van der Waals surface area (Å²) in [6, 6.07) is 16.8. The van der Waals surface area contributed by atoms with Crippen LogP contribution in [0.15, 0.2) is 107 Å². The highest BCUT2D eigenvalue weighted by Crippen LogP contribution is 2.34. The summed E-state index contributed by atoms with van der Waals surface area (Å²) < 4.78 is 57.3. The SMILES string of the molecule is O=C(Nc1ccc2c(O)cc(S(=O)(=O)Nc3cc(C(=O)O)cc(C(=O)O)c3)cc2c1)Nc1ccc2c(O)cc(S(=O)(=O)Nc3cc(C(=O)O)cc(C(=O)O)c3)cc2c1. The van der Waals surface area contributed by atoms with Gasteiger partial charge in [0.1, 0.15) is 11.5 Å². The van der Waals surface area contributed by atoms with Crippen molar-refractivity contribution < 1.29 is 71.4 Å². The van der Waals surface area contributed by atoms with E-state index in [9.17, 15) is 71.4 Å². The number of carboxylic acids is 4. The molecule has 0 aromatic heterocycles. The minimum atomic E-state index is -4.55. The molecule has 0 heterocycles. The molecular formula is C37H26N4O15S2. The fourth-order valence-corrected chi connectivity index (χ4v) is 7.89. The fourth-order valence-electron chi connectivity index (χ4n) is 5.70. The highest BCUT2D eigenvalue weighted by Gasteiger charge is 2.22. The third kappa shape index (κ3) is 8.49. The first-order valence-electron chi connectivity index (χ1n) is 16.1. The molecule has 0 aliphatic carbocycles. The zero-order valence-corrected chi connectivity index (χ0v) is 30.5. The minimum Gasteiger partial charge on any atom is -0.507 e. The zero-order chi connectivity index (χ0) is 42.3. The number of urea groups is 1. The van der Waals surface area contributed by atoms with Crippen LogP contribution in [-0.2, 0) is 20.0 Å². The van der Waals surface area contributed by atoms with Crippen molar-refractivity contribution in [1.82, 2.24) is 0 Å². The highest BCUT2D eigenvalue weighted by molar-refractivity contribution is 7.93. The lowest BCUT2D eigenvalue weighted by molar-refractivity contribution is 0.0676. The van der Waals surface area contributed by atoms with E-state index >= 15 is 0 Å². The molecular weight excluding hydrogens is 805 g/mol. The lowest BCUT2D eigenvalue weighted by Gasteiger charge is -2.13. The van der Waals surface area contributed by atoms with Crippen LogP contribution in [0.2, 0.25) is 0 Å². The van der Waals surface area contributed by atoms with Crippen molar-refractivity contribution in [2.75, 3.05) is 20.1 Å².